The molecule has 3 rings (SSSR count). The third kappa shape index (κ3) is 3.09. The van der Waals surface area contributed by atoms with Crippen LogP contribution in [0.5, 0.6) is 0 Å². The molecule has 1 aliphatic carbocycles. The van der Waals surface area contributed by atoms with Crippen molar-refractivity contribution in [3.05, 3.63) is 65.0 Å². The van der Waals surface area contributed by atoms with Crippen molar-refractivity contribution in [2.24, 2.45) is 11.7 Å². The normalized spacial score (nSPS) is 18.7. The van der Waals surface area contributed by atoms with Crippen LogP contribution in [-0.2, 0) is 4.79 Å². The van der Waals surface area contributed by atoms with Gasteiger partial charge in [0, 0.05) is 13.0 Å². The molecule has 0 bridgehead atoms. The van der Waals surface area contributed by atoms with Crippen LogP contribution < -0.4 is 10.6 Å². The molecule has 2 unspecified atom stereocenters. The van der Waals surface area contributed by atoms with Crippen LogP contribution in [0.4, 0.5) is 18.9 Å². The SMILES string of the molecule is CN(C(=O)C1CC1c1ccc(F)c(F)c1)c1c(F)cccc1C(N)=O. The number of carbonyl (C=O) groups excluding carboxylic acids is 2. The summed E-state index contributed by atoms with van der Waals surface area (Å²) < 4.78 is 40.5. The number of primary amides is 1. The van der Waals surface area contributed by atoms with Gasteiger partial charge in [-0.25, -0.2) is 13.2 Å². The van der Waals surface area contributed by atoms with Crippen LogP contribution >= 0.6 is 0 Å². The Hall–Kier alpha value is -2.83. The lowest BCUT2D eigenvalue weighted by molar-refractivity contribution is -0.119. The molecule has 2 N–H and O–H groups in total. The van der Waals surface area contributed by atoms with Gasteiger partial charge in [0.15, 0.2) is 11.6 Å². The van der Waals surface area contributed by atoms with E-state index in [1.807, 2.05) is 0 Å². The van der Waals surface area contributed by atoms with Crippen molar-refractivity contribution in [1.29, 1.82) is 0 Å². The van der Waals surface area contributed by atoms with Crippen molar-refractivity contribution in [3.8, 4) is 0 Å². The molecule has 0 heterocycles. The third-order valence-electron chi connectivity index (χ3n) is 4.40. The van der Waals surface area contributed by atoms with E-state index in [-0.39, 0.29) is 17.2 Å². The van der Waals surface area contributed by atoms with Gasteiger partial charge in [-0.1, -0.05) is 12.1 Å². The summed E-state index contributed by atoms with van der Waals surface area (Å²) in [5, 5.41) is 0. The van der Waals surface area contributed by atoms with Gasteiger partial charge in [0.05, 0.1) is 11.3 Å². The number of para-hydroxylation sites is 1. The van der Waals surface area contributed by atoms with E-state index in [9.17, 15) is 22.8 Å². The van der Waals surface area contributed by atoms with E-state index >= 15 is 0 Å². The summed E-state index contributed by atoms with van der Waals surface area (Å²) in [6.45, 7) is 0. The number of rotatable bonds is 4. The third-order valence-corrected chi connectivity index (χ3v) is 4.40. The maximum Gasteiger partial charge on any atom is 0.250 e. The molecule has 0 spiro atoms. The summed E-state index contributed by atoms with van der Waals surface area (Å²) in [4.78, 5) is 25.1. The molecule has 25 heavy (non-hydrogen) atoms. The van der Waals surface area contributed by atoms with E-state index < -0.39 is 35.2 Å². The van der Waals surface area contributed by atoms with E-state index in [0.717, 1.165) is 23.1 Å². The summed E-state index contributed by atoms with van der Waals surface area (Å²) in [6.07, 6.45) is 0.439. The number of amides is 2. The Bertz CT molecular complexity index is 869. The van der Waals surface area contributed by atoms with Crippen molar-refractivity contribution in [3.63, 3.8) is 0 Å². The second kappa shape index (κ2) is 6.23. The maximum absolute atomic E-state index is 14.1. The van der Waals surface area contributed by atoms with Crippen molar-refractivity contribution in [2.45, 2.75) is 12.3 Å². The molecule has 2 aromatic rings. The minimum atomic E-state index is -0.978. The fourth-order valence-corrected chi connectivity index (χ4v) is 2.99. The lowest BCUT2D eigenvalue weighted by Crippen LogP contribution is -2.31. The lowest BCUT2D eigenvalue weighted by atomic mass is 10.1. The average molecular weight is 348 g/mol. The van der Waals surface area contributed by atoms with Crippen LogP contribution in [-0.4, -0.2) is 18.9 Å². The highest BCUT2D eigenvalue weighted by Gasteiger charge is 2.46. The lowest BCUT2D eigenvalue weighted by Gasteiger charge is -2.20. The molecule has 2 amide bonds. The highest BCUT2D eigenvalue weighted by molar-refractivity contribution is 6.05. The largest absolute Gasteiger partial charge is 0.366 e. The van der Waals surface area contributed by atoms with Gasteiger partial charge in [0.25, 0.3) is 5.91 Å². The zero-order chi connectivity index (χ0) is 18.3. The molecule has 4 nitrogen and oxygen atoms in total. The Kier molecular flexibility index (Phi) is 4.24. The quantitative estimate of drug-likeness (QED) is 0.923. The predicted molar refractivity (Wildman–Crippen MR) is 85.5 cm³/mol. The van der Waals surface area contributed by atoms with Crippen LogP contribution in [0.15, 0.2) is 36.4 Å². The number of nitrogens with two attached hydrogens (primary N) is 1. The molecule has 2 atom stereocenters. The van der Waals surface area contributed by atoms with Gasteiger partial charge in [-0.3, -0.25) is 9.59 Å². The molecule has 0 saturated heterocycles. The summed E-state index contributed by atoms with van der Waals surface area (Å²) in [5.41, 5.74) is 5.47. The zero-order valence-corrected chi connectivity index (χ0v) is 13.3. The minimum absolute atomic E-state index is 0.0964. The molecular formula is C18H15F3N2O2. The Balaban J connectivity index is 1.83. The zero-order valence-electron chi connectivity index (χ0n) is 13.3. The van der Waals surface area contributed by atoms with E-state index in [1.54, 1.807) is 0 Å². The topological polar surface area (TPSA) is 63.4 Å². The molecule has 1 fully saturated rings. The fourth-order valence-electron chi connectivity index (χ4n) is 2.99. The number of benzene rings is 2. The smallest absolute Gasteiger partial charge is 0.250 e. The van der Waals surface area contributed by atoms with Crippen molar-refractivity contribution in [1.82, 2.24) is 0 Å². The molecule has 0 aliphatic heterocycles. The molecule has 1 aliphatic rings. The van der Waals surface area contributed by atoms with Gasteiger partial charge in [0.1, 0.15) is 5.82 Å². The first-order chi connectivity index (χ1) is 11.8. The van der Waals surface area contributed by atoms with Crippen LogP contribution in [0.3, 0.4) is 0 Å². The summed E-state index contributed by atoms with van der Waals surface area (Å²) >= 11 is 0. The highest BCUT2D eigenvalue weighted by Crippen LogP contribution is 2.49. The number of anilines is 1. The van der Waals surface area contributed by atoms with E-state index in [4.69, 9.17) is 5.73 Å². The van der Waals surface area contributed by atoms with Crippen LogP contribution in [0, 0.1) is 23.4 Å². The van der Waals surface area contributed by atoms with Crippen molar-refractivity contribution in [2.75, 3.05) is 11.9 Å². The summed E-state index contributed by atoms with van der Waals surface area (Å²) in [6, 6.07) is 7.30. The summed E-state index contributed by atoms with van der Waals surface area (Å²) in [5.74, 6) is -4.69. The van der Waals surface area contributed by atoms with Crippen LogP contribution in [0.25, 0.3) is 0 Å². The number of halogens is 3. The Morgan fingerprint density at radius 1 is 1.08 bits per heavy atom. The maximum atomic E-state index is 14.1. The standard InChI is InChI=1S/C18H15F3N2O2/c1-23(16-10(17(22)24)3-2-4-14(16)20)18(25)12-8-11(12)9-5-6-13(19)15(21)7-9/h2-7,11-12H,8H2,1H3,(H2,22,24). The Morgan fingerprint density at radius 2 is 1.80 bits per heavy atom. The Morgan fingerprint density at radius 3 is 2.44 bits per heavy atom. The van der Waals surface area contributed by atoms with Crippen LogP contribution in [0.1, 0.15) is 28.3 Å². The molecule has 1 saturated carbocycles. The van der Waals surface area contributed by atoms with E-state index in [1.165, 1.54) is 25.2 Å². The summed E-state index contributed by atoms with van der Waals surface area (Å²) in [7, 11) is 1.35. The number of hydrogen-bond donors (Lipinski definition) is 1. The van der Waals surface area contributed by atoms with Gasteiger partial charge in [0.2, 0.25) is 5.91 Å². The number of carbonyl (C=O) groups is 2. The second-order valence-corrected chi connectivity index (χ2v) is 6.02. The number of nitrogens with zero attached hydrogens (tertiary/aromatic N) is 1. The average Bonchev–Trinajstić information content (AvgIpc) is 3.36. The fraction of sp³-hybridized carbons (Fsp3) is 0.222. The van der Waals surface area contributed by atoms with E-state index in [0.29, 0.717) is 12.0 Å². The van der Waals surface area contributed by atoms with Gasteiger partial charge in [-0.05, 0) is 42.2 Å². The molecular weight excluding hydrogens is 333 g/mol. The molecule has 0 radical (unpaired) electrons. The van der Waals surface area contributed by atoms with Gasteiger partial charge in [-0.2, -0.15) is 0 Å². The second-order valence-electron chi connectivity index (χ2n) is 6.02. The molecule has 7 heteroatoms. The van der Waals surface area contributed by atoms with E-state index in [2.05, 4.69) is 0 Å². The van der Waals surface area contributed by atoms with Crippen LogP contribution in [0.2, 0.25) is 0 Å². The minimum Gasteiger partial charge on any atom is -0.366 e. The van der Waals surface area contributed by atoms with Crippen molar-refractivity contribution < 1.29 is 22.8 Å². The van der Waals surface area contributed by atoms with Crippen molar-refractivity contribution >= 4 is 17.5 Å². The Labute approximate surface area is 142 Å². The predicted octanol–water partition coefficient (Wildman–Crippen LogP) is 2.97. The van der Waals surface area contributed by atoms with Gasteiger partial charge >= 0.3 is 0 Å². The number of hydrogen-bond acceptors (Lipinski definition) is 2. The van der Waals surface area contributed by atoms with Gasteiger partial charge < -0.3 is 10.6 Å². The molecule has 130 valence electrons. The van der Waals surface area contributed by atoms with Gasteiger partial charge in [-0.15, -0.1) is 0 Å². The first kappa shape index (κ1) is 17.0. The molecule has 2 aromatic carbocycles. The first-order valence-corrected chi connectivity index (χ1v) is 7.62. The highest BCUT2D eigenvalue weighted by atomic mass is 19.2. The molecule has 0 aromatic heterocycles. The first-order valence-electron chi connectivity index (χ1n) is 7.62. The monoisotopic (exact) mass is 348 g/mol.